The molecule has 1 saturated carbocycles. The Hall–Kier alpha value is -1.36. The maximum Gasteiger partial charge on any atom is 0.252 e. The monoisotopic (exact) mass is 246 g/mol. The second-order valence-corrected chi connectivity index (χ2v) is 5.73. The van der Waals surface area contributed by atoms with Crippen molar-refractivity contribution in [2.45, 2.75) is 31.2 Å². The summed E-state index contributed by atoms with van der Waals surface area (Å²) in [5, 5.41) is 3.43. The molecule has 2 aliphatic heterocycles. The van der Waals surface area contributed by atoms with Gasteiger partial charge in [-0.15, -0.1) is 0 Å². The van der Waals surface area contributed by atoms with Crippen LogP contribution in [0.25, 0.3) is 0 Å². The summed E-state index contributed by atoms with van der Waals surface area (Å²) in [7, 11) is 0. The van der Waals surface area contributed by atoms with Crippen LogP contribution in [0.5, 0.6) is 0 Å². The van der Waals surface area contributed by atoms with Crippen LogP contribution in [0.3, 0.4) is 0 Å². The number of rotatable bonds is 2. The molecule has 5 heteroatoms. The minimum Gasteiger partial charge on any atom is -0.352 e. The molecule has 2 N–H and O–H groups in total. The zero-order valence-corrected chi connectivity index (χ0v) is 10.4. The lowest BCUT2D eigenvalue weighted by atomic mass is 10.1. The number of aromatic amines is 1. The highest BCUT2D eigenvalue weighted by atomic mass is 16.1. The van der Waals surface area contributed by atoms with Gasteiger partial charge in [-0.25, -0.2) is 4.98 Å². The molecule has 3 aliphatic rings. The summed E-state index contributed by atoms with van der Waals surface area (Å²) < 4.78 is 0. The fraction of sp³-hybridized carbons (Fsp3) is 0.692. The lowest BCUT2D eigenvalue weighted by Crippen LogP contribution is -2.35. The smallest absolute Gasteiger partial charge is 0.252 e. The zero-order valence-electron chi connectivity index (χ0n) is 10.4. The highest BCUT2D eigenvalue weighted by molar-refractivity contribution is 5.42. The second-order valence-electron chi connectivity index (χ2n) is 5.73. The quantitative estimate of drug-likeness (QED) is 0.795. The van der Waals surface area contributed by atoms with E-state index < -0.39 is 0 Å². The summed E-state index contributed by atoms with van der Waals surface area (Å²) in [6.45, 7) is 3.18. The Morgan fingerprint density at radius 2 is 2.17 bits per heavy atom. The molecule has 0 bridgehead atoms. The highest BCUT2D eigenvalue weighted by Crippen LogP contribution is 2.38. The first kappa shape index (κ1) is 10.6. The molecule has 3 fully saturated rings. The van der Waals surface area contributed by atoms with Crippen LogP contribution in [0.2, 0.25) is 0 Å². The van der Waals surface area contributed by atoms with E-state index in [0.717, 1.165) is 37.2 Å². The van der Waals surface area contributed by atoms with Crippen molar-refractivity contribution in [3.63, 3.8) is 0 Å². The molecule has 4 rings (SSSR count). The van der Waals surface area contributed by atoms with Gasteiger partial charge in [0.25, 0.3) is 5.56 Å². The van der Waals surface area contributed by atoms with Gasteiger partial charge in [0.2, 0.25) is 0 Å². The van der Waals surface area contributed by atoms with Gasteiger partial charge in [0, 0.05) is 37.7 Å². The van der Waals surface area contributed by atoms with Crippen molar-refractivity contribution in [2.24, 2.45) is 5.92 Å². The lowest BCUT2D eigenvalue weighted by Gasteiger charge is -2.24. The van der Waals surface area contributed by atoms with Gasteiger partial charge in [-0.1, -0.05) is 0 Å². The fourth-order valence-electron chi connectivity index (χ4n) is 3.29. The average Bonchev–Trinajstić information content (AvgIpc) is 2.96. The van der Waals surface area contributed by atoms with E-state index in [0.29, 0.717) is 12.0 Å². The molecule has 96 valence electrons. The fourth-order valence-corrected chi connectivity index (χ4v) is 3.29. The normalized spacial score (nSPS) is 30.8. The van der Waals surface area contributed by atoms with Crippen molar-refractivity contribution in [2.75, 3.05) is 24.5 Å². The Morgan fingerprint density at radius 1 is 1.28 bits per heavy atom. The average molecular weight is 246 g/mol. The Kier molecular flexibility index (Phi) is 2.24. The molecule has 2 saturated heterocycles. The summed E-state index contributed by atoms with van der Waals surface area (Å²) in [5.41, 5.74) is -0.00342. The van der Waals surface area contributed by atoms with Crippen LogP contribution < -0.4 is 15.8 Å². The lowest BCUT2D eigenvalue weighted by molar-refractivity contribution is 0.577. The zero-order chi connectivity index (χ0) is 12.1. The number of nitrogens with one attached hydrogen (secondary N) is 2. The van der Waals surface area contributed by atoms with Crippen LogP contribution in [0.15, 0.2) is 10.9 Å². The number of anilines is 1. The van der Waals surface area contributed by atoms with E-state index in [4.69, 9.17) is 0 Å². The summed E-state index contributed by atoms with van der Waals surface area (Å²) in [6.07, 6.45) is 3.55. The number of fused-ring (bicyclic) bond motifs is 1. The third kappa shape index (κ3) is 1.65. The summed E-state index contributed by atoms with van der Waals surface area (Å²) in [5.74, 6) is 3.01. The van der Waals surface area contributed by atoms with E-state index in [1.54, 1.807) is 6.07 Å². The molecule has 0 unspecified atom stereocenters. The Labute approximate surface area is 106 Å². The first-order chi connectivity index (χ1) is 8.81. The largest absolute Gasteiger partial charge is 0.352 e. The SMILES string of the molecule is O=c1cc(N2CC[C@H]3CNC[C@H]32)nc(C2CC2)[nH]1. The van der Waals surface area contributed by atoms with Gasteiger partial charge in [0.1, 0.15) is 11.6 Å². The first-order valence-electron chi connectivity index (χ1n) is 6.90. The second kappa shape index (κ2) is 3.82. The van der Waals surface area contributed by atoms with Crippen LogP contribution in [-0.4, -0.2) is 35.6 Å². The van der Waals surface area contributed by atoms with Crippen LogP contribution in [0.1, 0.15) is 31.0 Å². The maximum absolute atomic E-state index is 11.8. The predicted octanol–water partition coefficient (Wildman–Crippen LogP) is 0.445. The number of aromatic nitrogens is 2. The molecule has 5 nitrogen and oxygen atoms in total. The van der Waals surface area contributed by atoms with E-state index >= 15 is 0 Å². The van der Waals surface area contributed by atoms with E-state index in [9.17, 15) is 4.79 Å². The van der Waals surface area contributed by atoms with Crippen LogP contribution in [0, 0.1) is 5.92 Å². The standard InChI is InChI=1S/C13H18N4O/c18-12-5-11(15-13(16-12)8-1-2-8)17-4-3-9-6-14-7-10(9)17/h5,8-10,14H,1-4,6-7H2,(H,15,16,18)/t9-,10+/m0/s1. The van der Waals surface area contributed by atoms with Crippen molar-refractivity contribution in [1.82, 2.24) is 15.3 Å². The van der Waals surface area contributed by atoms with Crippen molar-refractivity contribution in [1.29, 1.82) is 0 Å². The molecule has 0 aromatic carbocycles. The molecule has 0 spiro atoms. The Morgan fingerprint density at radius 3 is 3.00 bits per heavy atom. The third-order valence-electron chi connectivity index (χ3n) is 4.45. The van der Waals surface area contributed by atoms with Gasteiger partial charge < -0.3 is 15.2 Å². The Bertz CT molecular complexity index is 522. The van der Waals surface area contributed by atoms with Gasteiger partial charge >= 0.3 is 0 Å². The number of hydrogen-bond donors (Lipinski definition) is 2. The van der Waals surface area contributed by atoms with Gasteiger partial charge in [-0.2, -0.15) is 0 Å². The molecule has 1 aliphatic carbocycles. The Balaban J connectivity index is 1.69. The van der Waals surface area contributed by atoms with Crippen LogP contribution in [-0.2, 0) is 0 Å². The maximum atomic E-state index is 11.8. The van der Waals surface area contributed by atoms with Crippen molar-refractivity contribution in [3.8, 4) is 0 Å². The van der Waals surface area contributed by atoms with Gasteiger partial charge in [-0.05, 0) is 25.2 Å². The van der Waals surface area contributed by atoms with Gasteiger partial charge in [0.15, 0.2) is 0 Å². The van der Waals surface area contributed by atoms with Crippen molar-refractivity contribution < 1.29 is 0 Å². The molecular formula is C13H18N4O. The highest BCUT2D eigenvalue weighted by Gasteiger charge is 2.38. The molecule has 1 aromatic heterocycles. The van der Waals surface area contributed by atoms with E-state index in [2.05, 4.69) is 20.2 Å². The molecule has 3 heterocycles. The van der Waals surface area contributed by atoms with Crippen LogP contribution in [0.4, 0.5) is 5.82 Å². The molecule has 1 aromatic rings. The van der Waals surface area contributed by atoms with Gasteiger partial charge in [0.05, 0.1) is 0 Å². The predicted molar refractivity (Wildman–Crippen MR) is 68.9 cm³/mol. The summed E-state index contributed by atoms with van der Waals surface area (Å²) in [6, 6.07) is 2.19. The van der Waals surface area contributed by atoms with E-state index in [-0.39, 0.29) is 5.56 Å². The number of hydrogen-bond acceptors (Lipinski definition) is 4. The van der Waals surface area contributed by atoms with Crippen molar-refractivity contribution in [3.05, 3.63) is 22.2 Å². The van der Waals surface area contributed by atoms with Crippen LogP contribution >= 0.6 is 0 Å². The topological polar surface area (TPSA) is 61.0 Å². The minimum atomic E-state index is -0.00342. The number of H-pyrrole nitrogens is 1. The van der Waals surface area contributed by atoms with Gasteiger partial charge in [-0.3, -0.25) is 4.79 Å². The summed E-state index contributed by atoms with van der Waals surface area (Å²) in [4.78, 5) is 21.6. The molecular weight excluding hydrogens is 228 g/mol. The van der Waals surface area contributed by atoms with E-state index in [1.807, 2.05) is 0 Å². The molecule has 0 radical (unpaired) electrons. The minimum absolute atomic E-state index is 0.00342. The first-order valence-corrected chi connectivity index (χ1v) is 6.90. The number of nitrogens with zero attached hydrogens (tertiary/aromatic N) is 2. The van der Waals surface area contributed by atoms with Crippen molar-refractivity contribution >= 4 is 5.82 Å². The molecule has 2 atom stereocenters. The molecule has 18 heavy (non-hydrogen) atoms. The summed E-state index contributed by atoms with van der Waals surface area (Å²) >= 11 is 0. The molecule has 0 amide bonds. The van der Waals surface area contributed by atoms with E-state index in [1.165, 1.54) is 19.3 Å². The third-order valence-corrected chi connectivity index (χ3v) is 4.45.